The molecule has 0 radical (unpaired) electrons. The van der Waals surface area contributed by atoms with Crippen LogP contribution in [0.15, 0.2) is 72.0 Å². The molecular formula is C22H25ClN4O2S. The van der Waals surface area contributed by atoms with Crippen molar-refractivity contribution in [3.05, 3.63) is 72.7 Å². The van der Waals surface area contributed by atoms with Gasteiger partial charge in [-0.1, -0.05) is 24.3 Å². The fraction of sp³-hybridized carbons (Fsp3) is 0.227. The van der Waals surface area contributed by atoms with Crippen LogP contribution >= 0.6 is 12.4 Å². The number of sulfonamides is 1. The first-order valence-corrected chi connectivity index (χ1v) is 11.1. The predicted molar refractivity (Wildman–Crippen MR) is 124 cm³/mol. The Morgan fingerprint density at radius 2 is 1.93 bits per heavy atom. The molecule has 0 aliphatic carbocycles. The molecule has 0 saturated heterocycles. The van der Waals surface area contributed by atoms with Crippen molar-refractivity contribution in [2.75, 3.05) is 13.1 Å². The van der Waals surface area contributed by atoms with Crippen LogP contribution < -0.4 is 10.0 Å². The second-order valence-corrected chi connectivity index (χ2v) is 8.93. The molecule has 158 valence electrons. The largest absolute Gasteiger partial charge is 0.361 e. The molecule has 4 aromatic rings. The van der Waals surface area contributed by atoms with Crippen molar-refractivity contribution < 1.29 is 8.42 Å². The zero-order chi connectivity index (χ0) is 20.3. The molecule has 2 aromatic heterocycles. The van der Waals surface area contributed by atoms with Gasteiger partial charge in [0.25, 0.3) is 0 Å². The monoisotopic (exact) mass is 444 g/mol. The van der Waals surface area contributed by atoms with E-state index in [1.54, 1.807) is 30.6 Å². The van der Waals surface area contributed by atoms with E-state index in [1.807, 2.05) is 31.3 Å². The SMILES string of the molecule is C[C@@H](CNCCc1c[nH]c2ccccc12)NS(=O)(=O)c1ccc2cnccc2c1.Cl. The van der Waals surface area contributed by atoms with Crippen molar-refractivity contribution >= 4 is 44.1 Å². The van der Waals surface area contributed by atoms with Gasteiger partial charge in [0.15, 0.2) is 0 Å². The summed E-state index contributed by atoms with van der Waals surface area (Å²) in [7, 11) is -3.58. The number of hydrogen-bond acceptors (Lipinski definition) is 4. The van der Waals surface area contributed by atoms with E-state index >= 15 is 0 Å². The molecule has 30 heavy (non-hydrogen) atoms. The number of rotatable bonds is 8. The highest BCUT2D eigenvalue weighted by atomic mass is 35.5. The summed E-state index contributed by atoms with van der Waals surface area (Å²) in [5.41, 5.74) is 2.39. The topological polar surface area (TPSA) is 86.9 Å². The van der Waals surface area contributed by atoms with Crippen LogP contribution in [-0.2, 0) is 16.4 Å². The van der Waals surface area contributed by atoms with Crippen LogP contribution in [0.3, 0.4) is 0 Å². The summed E-state index contributed by atoms with van der Waals surface area (Å²) in [4.78, 5) is 7.60. The highest BCUT2D eigenvalue weighted by molar-refractivity contribution is 7.89. The molecule has 0 aliphatic rings. The minimum absolute atomic E-state index is 0. The number of para-hydroxylation sites is 1. The summed E-state index contributed by atoms with van der Waals surface area (Å²) >= 11 is 0. The molecule has 0 aliphatic heterocycles. The molecule has 0 unspecified atom stereocenters. The highest BCUT2D eigenvalue weighted by Crippen LogP contribution is 2.19. The first-order chi connectivity index (χ1) is 14.0. The summed E-state index contributed by atoms with van der Waals surface area (Å²) in [6.07, 6.45) is 6.29. The van der Waals surface area contributed by atoms with Crippen molar-refractivity contribution in [3.63, 3.8) is 0 Å². The lowest BCUT2D eigenvalue weighted by Crippen LogP contribution is -2.40. The zero-order valence-electron chi connectivity index (χ0n) is 16.6. The third-order valence-corrected chi connectivity index (χ3v) is 6.56. The number of benzene rings is 2. The van der Waals surface area contributed by atoms with Crippen molar-refractivity contribution in [2.24, 2.45) is 0 Å². The van der Waals surface area contributed by atoms with E-state index in [0.717, 1.165) is 29.3 Å². The van der Waals surface area contributed by atoms with Gasteiger partial charge in [0.1, 0.15) is 0 Å². The van der Waals surface area contributed by atoms with E-state index in [9.17, 15) is 8.42 Å². The van der Waals surface area contributed by atoms with Crippen molar-refractivity contribution in [1.82, 2.24) is 20.0 Å². The maximum atomic E-state index is 12.7. The molecule has 2 heterocycles. The fourth-order valence-corrected chi connectivity index (χ4v) is 4.76. The molecule has 8 heteroatoms. The molecular weight excluding hydrogens is 420 g/mol. The van der Waals surface area contributed by atoms with Gasteiger partial charge in [-0.05, 0) is 55.1 Å². The Kier molecular flexibility index (Phi) is 7.10. The minimum atomic E-state index is -3.58. The number of H-pyrrole nitrogens is 1. The normalized spacial score (nSPS) is 12.7. The average molecular weight is 445 g/mol. The van der Waals surface area contributed by atoms with Gasteiger partial charge < -0.3 is 10.3 Å². The van der Waals surface area contributed by atoms with Crippen LogP contribution in [0.25, 0.3) is 21.7 Å². The zero-order valence-corrected chi connectivity index (χ0v) is 18.3. The fourth-order valence-electron chi connectivity index (χ4n) is 3.48. The molecule has 0 fully saturated rings. The molecule has 3 N–H and O–H groups in total. The van der Waals surface area contributed by atoms with Gasteiger partial charge >= 0.3 is 0 Å². The first kappa shape index (κ1) is 22.2. The van der Waals surface area contributed by atoms with E-state index in [2.05, 4.69) is 32.1 Å². The van der Waals surface area contributed by atoms with E-state index in [-0.39, 0.29) is 23.3 Å². The Hall–Kier alpha value is -2.45. The molecule has 0 amide bonds. The molecule has 4 rings (SSSR count). The standard InChI is InChI=1S/C22H24N4O2S.ClH/c1-16(13-23-11-9-19-15-25-22-5-3-2-4-21(19)22)26-29(27,28)20-7-6-18-14-24-10-8-17(18)12-20;/h2-8,10,12,14-16,23,25-26H,9,11,13H2,1H3;1H/t16-;/m0./s1. The van der Waals surface area contributed by atoms with E-state index < -0.39 is 10.0 Å². The van der Waals surface area contributed by atoms with Gasteiger partial charge in [-0.2, -0.15) is 0 Å². The number of aromatic amines is 1. The van der Waals surface area contributed by atoms with Crippen LogP contribution in [0, 0.1) is 0 Å². The van der Waals surface area contributed by atoms with E-state index in [0.29, 0.717) is 6.54 Å². The van der Waals surface area contributed by atoms with Crippen LogP contribution in [-0.4, -0.2) is 37.5 Å². The van der Waals surface area contributed by atoms with E-state index in [4.69, 9.17) is 0 Å². The lowest BCUT2D eigenvalue weighted by molar-refractivity contribution is 0.537. The lowest BCUT2D eigenvalue weighted by atomic mass is 10.1. The van der Waals surface area contributed by atoms with Crippen molar-refractivity contribution in [1.29, 1.82) is 0 Å². The van der Waals surface area contributed by atoms with Gasteiger partial charge in [-0.25, -0.2) is 13.1 Å². The molecule has 0 bridgehead atoms. The van der Waals surface area contributed by atoms with Gasteiger partial charge in [-0.15, -0.1) is 12.4 Å². The third-order valence-electron chi connectivity index (χ3n) is 4.98. The number of pyridine rings is 1. The summed E-state index contributed by atoms with van der Waals surface area (Å²) in [5, 5.41) is 6.34. The second-order valence-electron chi connectivity index (χ2n) is 7.22. The molecule has 6 nitrogen and oxygen atoms in total. The summed E-state index contributed by atoms with van der Waals surface area (Å²) < 4.78 is 28.1. The molecule has 0 spiro atoms. The van der Waals surface area contributed by atoms with Crippen LogP contribution in [0.1, 0.15) is 12.5 Å². The van der Waals surface area contributed by atoms with Gasteiger partial charge in [0.05, 0.1) is 4.90 Å². The van der Waals surface area contributed by atoms with Crippen molar-refractivity contribution in [3.8, 4) is 0 Å². The Labute approximate surface area is 182 Å². The van der Waals surface area contributed by atoms with Crippen LogP contribution in [0.5, 0.6) is 0 Å². The van der Waals surface area contributed by atoms with Gasteiger partial charge in [0, 0.05) is 47.5 Å². The lowest BCUT2D eigenvalue weighted by Gasteiger charge is -2.15. The number of halogens is 1. The first-order valence-electron chi connectivity index (χ1n) is 9.65. The Balaban J connectivity index is 0.00000256. The van der Waals surface area contributed by atoms with Crippen molar-refractivity contribution in [2.45, 2.75) is 24.3 Å². The summed E-state index contributed by atoms with van der Waals surface area (Å²) in [5.74, 6) is 0. The number of nitrogens with zero attached hydrogens (tertiary/aromatic N) is 1. The summed E-state index contributed by atoms with van der Waals surface area (Å²) in [6.45, 7) is 3.19. The highest BCUT2D eigenvalue weighted by Gasteiger charge is 2.17. The minimum Gasteiger partial charge on any atom is -0.361 e. The maximum Gasteiger partial charge on any atom is 0.240 e. The smallest absolute Gasteiger partial charge is 0.240 e. The van der Waals surface area contributed by atoms with Crippen LogP contribution in [0.4, 0.5) is 0 Å². The number of nitrogens with one attached hydrogen (secondary N) is 3. The number of aromatic nitrogens is 2. The van der Waals surface area contributed by atoms with E-state index in [1.165, 1.54) is 10.9 Å². The Morgan fingerprint density at radius 3 is 2.80 bits per heavy atom. The number of hydrogen-bond donors (Lipinski definition) is 3. The predicted octanol–water partition coefficient (Wildman–Crippen LogP) is 3.64. The molecule has 2 aromatic carbocycles. The molecule has 1 atom stereocenters. The second kappa shape index (κ2) is 9.57. The average Bonchev–Trinajstić information content (AvgIpc) is 3.14. The van der Waals surface area contributed by atoms with Gasteiger partial charge in [-0.3, -0.25) is 4.98 Å². The van der Waals surface area contributed by atoms with Gasteiger partial charge in [0.2, 0.25) is 10.0 Å². The van der Waals surface area contributed by atoms with Crippen LogP contribution in [0.2, 0.25) is 0 Å². The Bertz CT molecular complexity index is 1240. The quantitative estimate of drug-likeness (QED) is 0.362. The molecule has 0 saturated carbocycles. The number of fused-ring (bicyclic) bond motifs is 2. The summed E-state index contributed by atoms with van der Waals surface area (Å²) in [6, 6.07) is 14.9. The Morgan fingerprint density at radius 1 is 1.10 bits per heavy atom. The third kappa shape index (κ3) is 4.99. The maximum absolute atomic E-state index is 12.7.